The molecule has 7 rings (SSSR count). The molecule has 1 aliphatic heterocycles. The van der Waals surface area contributed by atoms with E-state index in [1.54, 1.807) is 0 Å². The molecule has 6 heteroatoms. The van der Waals surface area contributed by atoms with Crippen LogP contribution < -0.4 is 14.5 Å². The molecule has 0 N–H and O–H groups in total. The van der Waals surface area contributed by atoms with Gasteiger partial charge >= 0.3 is 21.1 Å². The molecular weight excluding hydrogens is 820 g/mol. The fourth-order valence-electron chi connectivity index (χ4n) is 6.97. The van der Waals surface area contributed by atoms with Gasteiger partial charge in [0.1, 0.15) is 5.82 Å². The van der Waals surface area contributed by atoms with Gasteiger partial charge in [-0.1, -0.05) is 97.8 Å². The summed E-state index contributed by atoms with van der Waals surface area (Å²) in [5.41, 5.74) is 9.02. The van der Waals surface area contributed by atoms with Crippen LogP contribution in [0, 0.1) is 12.1 Å². The van der Waals surface area contributed by atoms with Crippen LogP contribution in [0.1, 0.15) is 99.8 Å². The molecular formula is C46H52N4OPt. The zero-order chi connectivity index (χ0) is 36.7. The van der Waals surface area contributed by atoms with Gasteiger partial charge in [-0.05, 0) is 83.9 Å². The standard InChI is InChI=1S/C46H52N4O.Pt/c1-43(2,3)30-17-20-38-37(25-30)36-19-18-34(28-41(36)50(38)42-26-31(21-22-47-42)44(4,5)6)51-35-24-32(45(7,8)9)23-33(27-35)48-29-49(46(10,11)12)40-16-14-13-15-39(40)48;/h13-26H,29H2,1-12H3;/q-2;+2. The third-order valence-electron chi connectivity index (χ3n) is 10.1. The molecule has 0 aliphatic carbocycles. The number of hydrogen-bond acceptors (Lipinski definition) is 4. The van der Waals surface area contributed by atoms with Crippen molar-refractivity contribution in [2.75, 3.05) is 16.5 Å². The fraction of sp³-hybridized carbons (Fsp3) is 0.370. The first-order chi connectivity index (χ1) is 23.8. The number of benzene rings is 4. The number of para-hydroxylation sites is 2. The second-order valence-corrected chi connectivity index (χ2v) is 18.2. The van der Waals surface area contributed by atoms with Gasteiger partial charge in [0, 0.05) is 28.8 Å². The van der Waals surface area contributed by atoms with E-state index in [1.807, 2.05) is 12.3 Å². The smallest absolute Gasteiger partial charge is 0.509 e. The molecule has 0 spiro atoms. The summed E-state index contributed by atoms with van der Waals surface area (Å²) in [5.74, 6) is 2.19. The van der Waals surface area contributed by atoms with E-state index in [0.717, 1.165) is 34.6 Å². The normalized spacial score (nSPS) is 13.8. The Balaban J connectivity index is 0.00000464. The monoisotopic (exact) mass is 871 g/mol. The number of ether oxygens (including phenoxy) is 1. The van der Waals surface area contributed by atoms with Crippen molar-refractivity contribution in [1.29, 1.82) is 0 Å². The maximum Gasteiger partial charge on any atom is 2.00 e. The number of hydrogen-bond donors (Lipinski definition) is 0. The van der Waals surface area contributed by atoms with E-state index in [9.17, 15) is 0 Å². The van der Waals surface area contributed by atoms with Gasteiger partial charge in [0.25, 0.3) is 0 Å². The van der Waals surface area contributed by atoms with E-state index in [2.05, 4.69) is 182 Å². The zero-order valence-electron chi connectivity index (χ0n) is 32.8. The summed E-state index contributed by atoms with van der Waals surface area (Å²) in [4.78, 5) is 9.71. The van der Waals surface area contributed by atoms with Gasteiger partial charge in [-0.2, -0.15) is 6.07 Å². The van der Waals surface area contributed by atoms with Gasteiger partial charge < -0.3 is 19.1 Å². The predicted molar refractivity (Wildman–Crippen MR) is 215 cm³/mol. The molecule has 0 amide bonds. The molecule has 0 saturated heterocycles. The van der Waals surface area contributed by atoms with E-state index in [4.69, 9.17) is 9.72 Å². The first-order valence-corrected chi connectivity index (χ1v) is 18.2. The second kappa shape index (κ2) is 13.1. The van der Waals surface area contributed by atoms with Gasteiger partial charge in [0.05, 0.1) is 18.0 Å². The van der Waals surface area contributed by atoms with Crippen LogP contribution >= 0.6 is 0 Å². The Morgan fingerprint density at radius 1 is 0.615 bits per heavy atom. The second-order valence-electron chi connectivity index (χ2n) is 18.2. The van der Waals surface area contributed by atoms with Crippen LogP contribution in [0.3, 0.4) is 0 Å². The summed E-state index contributed by atoms with van der Waals surface area (Å²) in [7, 11) is 0. The van der Waals surface area contributed by atoms with Crippen LogP contribution in [0.25, 0.3) is 27.6 Å². The van der Waals surface area contributed by atoms with Crippen molar-refractivity contribution in [3.05, 3.63) is 114 Å². The summed E-state index contributed by atoms with van der Waals surface area (Å²) in [5, 5.41) is 2.30. The molecule has 0 fully saturated rings. The maximum absolute atomic E-state index is 6.76. The molecule has 2 aromatic heterocycles. The molecule has 0 saturated carbocycles. The van der Waals surface area contributed by atoms with Gasteiger partial charge in [0.15, 0.2) is 0 Å². The van der Waals surface area contributed by atoms with Crippen LogP contribution in [0.15, 0.2) is 85.1 Å². The number of pyridine rings is 1. The number of nitrogens with zero attached hydrogens (tertiary/aromatic N) is 4. The van der Waals surface area contributed by atoms with Crippen molar-refractivity contribution in [2.45, 2.75) is 105 Å². The molecule has 0 bridgehead atoms. The molecule has 3 heterocycles. The van der Waals surface area contributed by atoms with Crippen molar-refractivity contribution in [3.63, 3.8) is 0 Å². The predicted octanol–water partition coefficient (Wildman–Crippen LogP) is 12.2. The van der Waals surface area contributed by atoms with Crippen LogP contribution in [0.2, 0.25) is 0 Å². The van der Waals surface area contributed by atoms with E-state index < -0.39 is 0 Å². The number of fused-ring (bicyclic) bond motifs is 4. The summed E-state index contributed by atoms with van der Waals surface area (Å²) < 4.78 is 9.00. The molecule has 272 valence electrons. The van der Waals surface area contributed by atoms with Gasteiger partial charge in [-0.25, -0.2) is 4.98 Å². The molecule has 52 heavy (non-hydrogen) atoms. The Morgan fingerprint density at radius 2 is 1.27 bits per heavy atom. The first kappa shape index (κ1) is 37.7. The summed E-state index contributed by atoms with van der Waals surface area (Å²) in [6.45, 7) is 27.8. The Kier molecular flexibility index (Phi) is 9.49. The van der Waals surface area contributed by atoms with Crippen LogP contribution in [0.5, 0.6) is 11.5 Å². The number of anilines is 3. The van der Waals surface area contributed by atoms with Crippen molar-refractivity contribution in [3.8, 4) is 17.3 Å². The van der Waals surface area contributed by atoms with Crippen molar-refractivity contribution in [2.24, 2.45) is 0 Å². The Morgan fingerprint density at radius 3 is 1.92 bits per heavy atom. The minimum Gasteiger partial charge on any atom is -0.509 e. The van der Waals surface area contributed by atoms with Crippen LogP contribution in [-0.2, 0) is 37.3 Å². The fourth-order valence-corrected chi connectivity index (χ4v) is 6.97. The van der Waals surface area contributed by atoms with Crippen molar-refractivity contribution < 1.29 is 25.8 Å². The van der Waals surface area contributed by atoms with E-state index in [0.29, 0.717) is 11.5 Å². The van der Waals surface area contributed by atoms with Crippen molar-refractivity contribution in [1.82, 2.24) is 9.55 Å². The minimum atomic E-state index is -0.0977. The van der Waals surface area contributed by atoms with Gasteiger partial charge in [0.2, 0.25) is 0 Å². The summed E-state index contributed by atoms with van der Waals surface area (Å²) in [6.07, 6.45) is 1.92. The quantitative estimate of drug-likeness (QED) is 0.165. The molecule has 1 aliphatic rings. The van der Waals surface area contributed by atoms with E-state index in [1.165, 1.54) is 33.5 Å². The molecule has 0 unspecified atom stereocenters. The van der Waals surface area contributed by atoms with Crippen LogP contribution in [-0.4, -0.2) is 21.8 Å². The number of rotatable bonds is 4. The zero-order valence-corrected chi connectivity index (χ0v) is 35.1. The average molecular weight is 872 g/mol. The SMILES string of the molecule is CC(C)(C)c1cc(Oc2[c-]c3c(cc2)c2cc(C(C)(C)C)ccc2n3-c2cc(C(C)(C)C)ccn2)[c-]c(N2CN(C(C)(C)C)c3ccccc32)c1.[Pt+2]. The molecule has 0 atom stereocenters. The summed E-state index contributed by atoms with van der Waals surface area (Å²) in [6, 6.07) is 35.8. The first-order valence-electron chi connectivity index (χ1n) is 18.2. The molecule has 4 aromatic carbocycles. The summed E-state index contributed by atoms with van der Waals surface area (Å²) >= 11 is 0. The maximum atomic E-state index is 6.76. The molecule has 5 nitrogen and oxygen atoms in total. The largest absolute Gasteiger partial charge is 2.00 e. The minimum absolute atomic E-state index is 0. The van der Waals surface area contributed by atoms with Crippen molar-refractivity contribution >= 4 is 38.9 Å². The third-order valence-corrected chi connectivity index (χ3v) is 10.1. The van der Waals surface area contributed by atoms with Gasteiger partial charge in [-0.15, -0.1) is 41.3 Å². The van der Waals surface area contributed by atoms with Gasteiger partial charge in [-0.3, -0.25) is 0 Å². The van der Waals surface area contributed by atoms with Crippen LogP contribution in [0.4, 0.5) is 17.1 Å². The van der Waals surface area contributed by atoms with E-state index in [-0.39, 0.29) is 42.8 Å². The molecule has 6 aromatic rings. The Bertz CT molecular complexity index is 2270. The average Bonchev–Trinajstić information content (AvgIpc) is 3.59. The topological polar surface area (TPSA) is 33.5 Å². The van der Waals surface area contributed by atoms with E-state index >= 15 is 0 Å². The Labute approximate surface area is 325 Å². The molecule has 0 radical (unpaired) electrons. The third kappa shape index (κ3) is 7.02. The Hall–Kier alpha value is -4.08. The number of aromatic nitrogens is 2.